The number of halogens is 1. The first-order valence-electron chi connectivity index (χ1n) is 9.01. The first-order chi connectivity index (χ1) is 13.4. The second kappa shape index (κ2) is 8.86. The van der Waals surface area contributed by atoms with Crippen molar-refractivity contribution in [2.45, 2.75) is 24.7 Å². The number of hydrogen-bond donors (Lipinski definition) is 1. The fourth-order valence-corrected chi connectivity index (χ4v) is 4.62. The minimum atomic E-state index is -3.52. The largest absolute Gasteiger partial charge is 0.273 e. The molecule has 8 heteroatoms. The van der Waals surface area contributed by atoms with Gasteiger partial charge in [-0.15, -0.1) is 0 Å². The van der Waals surface area contributed by atoms with Crippen molar-refractivity contribution < 1.29 is 13.2 Å². The summed E-state index contributed by atoms with van der Waals surface area (Å²) in [6.07, 6.45) is 2.48. The van der Waals surface area contributed by atoms with Crippen LogP contribution < -0.4 is 5.43 Å². The number of nitrogens with zero attached hydrogens (tertiary/aromatic N) is 2. The van der Waals surface area contributed by atoms with Gasteiger partial charge in [-0.25, -0.2) is 13.8 Å². The molecule has 148 valence electrons. The van der Waals surface area contributed by atoms with Crippen LogP contribution in [0.5, 0.6) is 0 Å². The third-order valence-electron chi connectivity index (χ3n) is 4.74. The fraction of sp³-hybridized carbons (Fsp3) is 0.300. The summed E-state index contributed by atoms with van der Waals surface area (Å²) in [5.74, 6) is -0.454. The van der Waals surface area contributed by atoms with Gasteiger partial charge in [0.2, 0.25) is 15.9 Å². The molecule has 28 heavy (non-hydrogen) atoms. The van der Waals surface area contributed by atoms with E-state index in [4.69, 9.17) is 11.6 Å². The Kier molecular flexibility index (Phi) is 6.49. The summed E-state index contributed by atoms with van der Waals surface area (Å²) < 4.78 is 26.9. The minimum Gasteiger partial charge on any atom is -0.273 e. The molecule has 1 N–H and O–H groups in total. The van der Waals surface area contributed by atoms with Crippen LogP contribution >= 0.6 is 11.6 Å². The van der Waals surface area contributed by atoms with Gasteiger partial charge >= 0.3 is 0 Å². The van der Waals surface area contributed by atoms with Crippen LogP contribution in [0.3, 0.4) is 0 Å². The quantitative estimate of drug-likeness (QED) is 0.597. The van der Waals surface area contributed by atoms with Gasteiger partial charge in [-0.2, -0.15) is 9.41 Å². The maximum atomic E-state index is 12.7. The van der Waals surface area contributed by atoms with Gasteiger partial charge in [-0.05, 0) is 49.6 Å². The summed E-state index contributed by atoms with van der Waals surface area (Å²) in [6.45, 7) is 2.54. The maximum Gasteiger partial charge on any atom is 0.243 e. The zero-order chi connectivity index (χ0) is 20.1. The lowest BCUT2D eigenvalue weighted by atomic mass is 9.98. The molecule has 0 radical (unpaired) electrons. The minimum absolute atomic E-state index is 0.197. The highest BCUT2D eigenvalue weighted by molar-refractivity contribution is 7.89. The molecule has 3 rings (SSSR count). The Morgan fingerprint density at radius 2 is 1.71 bits per heavy atom. The van der Waals surface area contributed by atoms with Crippen molar-refractivity contribution in [3.05, 3.63) is 64.7 Å². The third-order valence-corrected chi connectivity index (χ3v) is 6.91. The van der Waals surface area contributed by atoms with Crippen LogP contribution in [0.15, 0.2) is 58.5 Å². The van der Waals surface area contributed by atoms with E-state index in [1.165, 1.54) is 4.31 Å². The van der Waals surface area contributed by atoms with E-state index in [0.29, 0.717) is 31.0 Å². The summed E-state index contributed by atoms with van der Waals surface area (Å²) in [5, 5.41) is 4.60. The Hall–Kier alpha value is -2.22. The predicted octanol–water partition coefficient (Wildman–Crippen LogP) is 3.20. The molecule has 0 unspecified atom stereocenters. The van der Waals surface area contributed by atoms with Gasteiger partial charge in [0, 0.05) is 24.0 Å². The number of rotatable bonds is 5. The number of sulfonamides is 1. The second-order valence-corrected chi connectivity index (χ2v) is 9.15. The summed E-state index contributed by atoms with van der Waals surface area (Å²) >= 11 is 5.83. The molecule has 0 bridgehead atoms. The number of benzene rings is 2. The highest BCUT2D eigenvalue weighted by atomic mass is 35.5. The van der Waals surface area contributed by atoms with E-state index < -0.39 is 10.0 Å². The highest BCUT2D eigenvalue weighted by Gasteiger charge is 2.31. The molecular formula is C20H22ClN3O3S. The van der Waals surface area contributed by atoms with Crippen LogP contribution in [0.4, 0.5) is 0 Å². The first kappa shape index (κ1) is 20.5. The SMILES string of the molecule is Cc1ccc(S(=O)(=O)N2CCC(C(=O)N/N=C/c3ccc(Cl)cc3)CC2)cc1. The van der Waals surface area contributed by atoms with Gasteiger partial charge in [0.05, 0.1) is 11.1 Å². The molecule has 6 nitrogen and oxygen atoms in total. The van der Waals surface area contributed by atoms with Crippen LogP contribution in [0.25, 0.3) is 0 Å². The summed E-state index contributed by atoms with van der Waals surface area (Å²) in [7, 11) is -3.52. The van der Waals surface area contributed by atoms with Crippen molar-refractivity contribution in [2.24, 2.45) is 11.0 Å². The molecule has 0 aliphatic carbocycles. The van der Waals surface area contributed by atoms with Crippen molar-refractivity contribution in [1.29, 1.82) is 0 Å². The van der Waals surface area contributed by atoms with Crippen LogP contribution in [-0.2, 0) is 14.8 Å². The third kappa shape index (κ3) is 4.98. The Morgan fingerprint density at radius 3 is 2.32 bits per heavy atom. The molecule has 0 aromatic heterocycles. The Morgan fingerprint density at radius 1 is 1.11 bits per heavy atom. The molecule has 1 aliphatic rings. The molecule has 1 amide bonds. The number of carbonyl (C=O) groups is 1. The number of hydrazone groups is 1. The van der Waals surface area contributed by atoms with Crippen molar-refractivity contribution in [1.82, 2.24) is 9.73 Å². The van der Waals surface area contributed by atoms with E-state index in [9.17, 15) is 13.2 Å². The number of carbonyl (C=O) groups excluding carboxylic acids is 1. The molecule has 0 saturated carbocycles. The van der Waals surface area contributed by atoms with E-state index in [-0.39, 0.29) is 16.7 Å². The lowest BCUT2D eigenvalue weighted by Crippen LogP contribution is -2.42. The van der Waals surface area contributed by atoms with Crippen molar-refractivity contribution in [2.75, 3.05) is 13.1 Å². The van der Waals surface area contributed by atoms with Crippen LogP contribution in [0, 0.1) is 12.8 Å². The highest BCUT2D eigenvalue weighted by Crippen LogP contribution is 2.24. The topological polar surface area (TPSA) is 78.8 Å². The number of nitrogens with one attached hydrogen (secondary N) is 1. The zero-order valence-corrected chi connectivity index (χ0v) is 17.1. The number of piperidine rings is 1. The summed E-state index contributed by atoms with van der Waals surface area (Å²) in [4.78, 5) is 12.6. The molecule has 1 saturated heterocycles. The van der Waals surface area contributed by atoms with Gasteiger partial charge in [-0.1, -0.05) is 41.4 Å². The van der Waals surface area contributed by atoms with Crippen molar-refractivity contribution >= 4 is 33.7 Å². The average molecular weight is 420 g/mol. The lowest BCUT2D eigenvalue weighted by Gasteiger charge is -2.30. The smallest absolute Gasteiger partial charge is 0.243 e. The molecule has 2 aromatic rings. The number of aryl methyl sites for hydroxylation is 1. The van der Waals surface area contributed by atoms with Gasteiger partial charge in [0.25, 0.3) is 0 Å². The molecule has 1 heterocycles. The monoisotopic (exact) mass is 419 g/mol. The Bertz CT molecular complexity index is 949. The number of hydrogen-bond acceptors (Lipinski definition) is 4. The van der Waals surface area contributed by atoms with Crippen LogP contribution in [-0.4, -0.2) is 37.9 Å². The average Bonchev–Trinajstić information content (AvgIpc) is 2.70. The van der Waals surface area contributed by atoms with E-state index in [0.717, 1.165) is 11.1 Å². The normalized spacial score (nSPS) is 16.4. The van der Waals surface area contributed by atoms with Crippen LogP contribution in [0.2, 0.25) is 5.02 Å². The maximum absolute atomic E-state index is 12.7. The molecule has 2 aromatic carbocycles. The summed E-state index contributed by atoms with van der Waals surface area (Å²) in [5.41, 5.74) is 4.37. The first-order valence-corrected chi connectivity index (χ1v) is 10.8. The summed E-state index contributed by atoms with van der Waals surface area (Å²) in [6, 6.07) is 13.9. The molecular weight excluding hydrogens is 398 g/mol. The molecule has 1 fully saturated rings. The van der Waals surface area contributed by atoms with Gasteiger partial charge in [0.1, 0.15) is 0 Å². The van der Waals surface area contributed by atoms with Crippen LogP contribution in [0.1, 0.15) is 24.0 Å². The van der Waals surface area contributed by atoms with E-state index >= 15 is 0 Å². The van der Waals surface area contributed by atoms with E-state index in [2.05, 4.69) is 10.5 Å². The van der Waals surface area contributed by atoms with Crippen molar-refractivity contribution in [3.63, 3.8) is 0 Å². The van der Waals surface area contributed by atoms with E-state index in [1.54, 1.807) is 54.7 Å². The predicted molar refractivity (Wildman–Crippen MR) is 110 cm³/mol. The van der Waals surface area contributed by atoms with Gasteiger partial charge in [0.15, 0.2) is 0 Å². The van der Waals surface area contributed by atoms with Gasteiger partial charge in [-0.3, -0.25) is 4.79 Å². The Balaban J connectivity index is 1.53. The number of amides is 1. The Labute approximate surface area is 170 Å². The zero-order valence-electron chi connectivity index (χ0n) is 15.5. The fourth-order valence-electron chi connectivity index (χ4n) is 3.03. The lowest BCUT2D eigenvalue weighted by molar-refractivity contribution is -0.126. The standard InChI is InChI=1S/C20H22ClN3O3S/c1-15-2-8-19(9-3-15)28(26,27)24-12-10-17(11-13-24)20(25)23-22-14-16-4-6-18(21)7-5-16/h2-9,14,17H,10-13H2,1H3,(H,23,25)/b22-14+. The molecule has 1 aliphatic heterocycles. The van der Waals surface area contributed by atoms with E-state index in [1.807, 2.05) is 6.92 Å². The molecule has 0 spiro atoms. The molecule has 0 atom stereocenters. The van der Waals surface area contributed by atoms with Gasteiger partial charge < -0.3 is 0 Å². The van der Waals surface area contributed by atoms with Crippen molar-refractivity contribution in [3.8, 4) is 0 Å². The second-order valence-electron chi connectivity index (χ2n) is 6.78.